The number of benzene rings is 1. The number of halogens is 3. The lowest BCUT2D eigenvalue weighted by Crippen LogP contribution is -2.03. The monoisotopic (exact) mass is 315 g/mol. The molecule has 0 aliphatic carbocycles. The molecule has 1 N–H and O–H groups in total. The maximum atomic E-state index is 13.5. The van der Waals surface area contributed by atoms with Gasteiger partial charge in [0, 0.05) is 11.8 Å². The topological polar surface area (TPSA) is 42.2 Å². The highest BCUT2D eigenvalue weighted by Crippen LogP contribution is 2.19. The van der Waals surface area contributed by atoms with Crippen LogP contribution in [0.4, 0.5) is 8.78 Å². The van der Waals surface area contributed by atoms with E-state index in [1.165, 1.54) is 29.0 Å². The Labute approximate surface area is 110 Å². The molecule has 2 aromatic rings. The lowest BCUT2D eigenvalue weighted by atomic mass is 10.2. The van der Waals surface area contributed by atoms with E-state index in [1.807, 2.05) is 0 Å². The summed E-state index contributed by atoms with van der Waals surface area (Å²) in [6.45, 7) is 0.0530. The molecule has 0 saturated heterocycles. The predicted molar refractivity (Wildman–Crippen MR) is 64.6 cm³/mol. The fourth-order valence-electron chi connectivity index (χ4n) is 1.57. The highest BCUT2D eigenvalue weighted by molar-refractivity contribution is 9.10. The summed E-state index contributed by atoms with van der Waals surface area (Å²) in [5.74, 6) is -2.92. The first-order valence-corrected chi connectivity index (χ1v) is 5.80. The zero-order chi connectivity index (χ0) is 13.3. The van der Waals surface area contributed by atoms with Crippen molar-refractivity contribution in [3.05, 3.63) is 57.8 Å². The fourth-order valence-corrected chi connectivity index (χ4v) is 2.04. The summed E-state index contributed by atoms with van der Waals surface area (Å²) in [4.78, 5) is 10.8. The van der Waals surface area contributed by atoms with Gasteiger partial charge in [-0.1, -0.05) is 12.1 Å². The lowest BCUT2D eigenvalue weighted by Gasteiger charge is -2.06. The molecule has 94 valence electrons. The van der Waals surface area contributed by atoms with E-state index in [4.69, 9.17) is 5.11 Å². The normalized spacial score (nSPS) is 10.6. The molecule has 0 bridgehead atoms. The molecule has 1 aromatic carbocycles. The van der Waals surface area contributed by atoms with E-state index < -0.39 is 17.6 Å². The van der Waals surface area contributed by atoms with Crippen molar-refractivity contribution in [3.63, 3.8) is 0 Å². The summed E-state index contributed by atoms with van der Waals surface area (Å²) in [7, 11) is 0. The average Bonchev–Trinajstić information content (AvgIpc) is 2.67. The van der Waals surface area contributed by atoms with Gasteiger partial charge in [0.05, 0.1) is 16.7 Å². The van der Waals surface area contributed by atoms with E-state index in [0.717, 1.165) is 6.07 Å². The second-order valence-corrected chi connectivity index (χ2v) is 4.51. The van der Waals surface area contributed by atoms with Crippen LogP contribution in [0.15, 0.2) is 35.1 Å². The Hall–Kier alpha value is -1.69. The third-order valence-electron chi connectivity index (χ3n) is 2.46. The second kappa shape index (κ2) is 4.89. The van der Waals surface area contributed by atoms with Crippen molar-refractivity contribution in [2.45, 2.75) is 6.54 Å². The third kappa shape index (κ3) is 2.43. The minimum atomic E-state index is -1.07. The van der Waals surface area contributed by atoms with Gasteiger partial charge in [-0.15, -0.1) is 0 Å². The molecule has 6 heteroatoms. The Bertz CT molecular complexity index is 610. The Morgan fingerprint density at radius 1 is 1.39 bits per heavy atom. The van der Waals surface area contributed by atoms with E-state index in [9.17, 15) is 13.6 Å². The van der Waals surface area contributed by atoms with Gasteiger partial charge in [-0.25, -0.2) is 13.6 Å². The minimum Gasteiger partial charge on any atom is -0.478 e. The highest BCUT2D eigenvalue weighted by atomic mass is 79.9. The maximum absolute atomic E-state index is 13.5. The molecule has 0 aliphatic rings. The zero-order valence-corrected chi connectivity index (χ0v) is 10.6. The molecular weight excluding hydrogens is 308 g/mol. The van der Waals surface area contributed by atoms with Crippen LogP contribution in [0.5, 0.6) is 0 Å². The smallest absolute Gasteiger partial charge is 0.337 e. The van der Waals surface area contributed by atoms with Crippen LogP contribution >= 0.6 is 15.9 Å². The molecule has 0 unspecified atom stereocenters. The number of carboxylic acids is 1. The maximum Gasteiger partial charge on any atom is 0.337 e. The van der Waals surface area contributed by atoms with Crippen LogP contribution in [-0.4, -0.2) is 15.6 Å². The summed E-state index contributed by atoms with van der Waals surface area (Å²) < 4.78 is 28.5. The van der Waals surface area contributed by atoms with E-state index in [2.05, 4.69) is 15.9 Å². The number of hydrogen-bond acceptors (Lipinski definition) is 1. The molecule has 0 aliphatic heterocycles. The van der Waals surface area contributed by atoms with Gasteiger partial charge in [-0.2, -0.15) is 0 Å². The van der Waals surface area contributed by atoms with E-state index in [-0.39, 0.29) is 17.7 Å². The van der Waals surface area contributed by atoms with Crippen molar-refractivity contribution in [2.24, 2.45) is 0 Å². The van der Waals surface area contributed by atoms with Gasteiger partial charge in [0.2, 0.25) is 0 Å². The lowest BCUT2D eigenvalue weighted by molar-refractivity contribution is 0.0697. The number of carbonyl (C=O) groups is 1. The van der Waals surface area contributed by atoms with Crippen LogP contribution < -0.4 is 0 Å². The van der Waals surface area contributed by atoms with Gasteiger partial charge in [0.15, 0.2) is 11.6 Å². The second-order valence-electron chi connectivity index (χ2n) is 3.70. The minimum absolute atomic E-state index is 0.0530. The highest BCUT2D eigenvalue weighted by Gasteiger charge is 2.12. The number of rotatable bonds is 3. The molecule has 0 atom stereocenters. The van der Waals surface area contributed by atoms with Crippen molar-refractivity contribution in [1.29, 1.82) is 0 Å². The summed E-state index contributed by atoms with van der Waals surface area (Å²) in [5, 5.41) is 8.82. The number of carboxylic acid groups (broad SMARTS) is 1. The first-order valence-electron chi connectivity index (χ1n) is 5.01. The Morgan fingerprint density at radius 2 is 2.11 bits per heavy atom. The van der Waals surface area contributed by atoms with Crippen LogP contribution in [0, 0.1) is 11.6 Å². The van der Waals surface area contributed by atoms with E-state index >= 15 is 0 Å². The van der Waals surface area contributed by atoms with Crippen LogP contribution in [0.3, 0.4) is 0 Å². The van der Waals surface area contributed by atoms with Gasteiger partial charge in [0.1, 0.15) is 0 Å². The molecule has 1 aromatic heterocycles. The molecule has 0 radical (unpaired) electrons. The van der Waals surface area contributed by atoms with E-state index in [1.54, 1.807) is 0 Å². The van der Waals surface area contributed by atoms with Gasteiger partial charge < -0.3 is 9.67 Å². The molecule has 0 saturated carbocycles. The Balaban J connectivity index is 2.34. The van der Waals surface area contributed by atoms with Gasteiger partial charge in [-0.05, 0) is 28.1 Å². The molecule has 2 rings (SSSR count). The first-order chi connectivity index (χ1) is 8.49. The predicted octanol–water partition coefficient (Wildman–Crippen LogP) is 3.28. The third-order valence-corrected chi connectivity index (χ3v) is 3.15. The summed E-state index contributed by atoms with van der Waals surface area (Å²) >= 11 is 3.17. The summed E-state index contributed by atoms with van der Waals surface area (Å²) in [5.41, 5.74) is 0.238. The molecule has 0 amide bonds. The number of aromatic carboxylic acids is 1. The van der Waals surface area contributed by atoms with Crippen molar-refractivity contribution in [3.8, 4) is 0 Å². The van der Waals surface area contributed by atoms with Gasteiger partial charge in [-0.3, -0.25) is 0 Å². The molecular formula is C12H8BrF2NO2. The first kappa shape index (κ1) is 12.8. The quantitative estimate of drug-likeness (QED) is 0.944. The van der Waals surface area contributed by atoms with Crippen molar-refractivity contribution < 1.29 is 18.7 Å². The summed E-state index contributed by atoms with van der Waals surface area (Å²) in [6.07, 6.45) is 1.36. The standard InChI is InChI=1S/C12H8BrF2NO2/c13-10-4-8(12(17)18)6-16(10)5-7-2-1-3-9(14)11(7)15/h1-4,6H,5H2,(H,17,18). The van der Waals surface area contributed by atoms with Crippen LogP contribution in [-0.2, 0) is 6.54 Å². The fraction of sp³-hybridized carbons (Fsp3) is 0.0833. The number of hydrogen-bond donors (Lipinski definition) is 1. The Morgan fingerprint density at radius 3 is 2.72 bits per heavy atom. The molecule has 3 nitrogen and oxygen atoms in total. The van der Waals surface area contributed by atoms with E-state index in [0.29, 0.717) is 4.60 Å². The van der Waals surface area contributed by atoms with Crippen molar-refractivity contribution in [2.75, 3.05) is 0 Å². The molecule has 0 fully saturated rings. The zero-order valence-electron chi connectivity index (χ0n) is 9.03. The molecule has 18 heavy (non-hydrogen) atoms. The average molecular weight is 316 g/mol. The number of nitrogens with zero attached hydrogens (tertiary/aromatic N) is 1. The summed E-state index contributed by atoms with van der Waals surface area (Å²) in [6, 6.07) is 5.29. The van der Waals surface area contributed by atoms with Crippen LogP contribution in [0.25, 0.3) is 0 Å². The van der Waals surface area contributed by atoms with Crippen LogP contribution in [0.1, 0.15) is 15.9 Å². The largest absolute Gasteiger partial charge is 0.478 e. The van der Waals surface area contributed by atoms with Gasteiger partial charge in [0.25, 0.3) is 0 Å². The van der Waals surface area contributed by atoms with Gasteiger partial charge >= 0.3 is 5.97 Å². The van der Waals surface area contributed by atoms with Crippen molar-refractivity contribution >= 4 is 21.9 Å². The molecule has 0 spiro atoms. The van der Waals surface area contributed by atoms with Crippen molar-refractivity contribution in [1.82, 2.24) is 4.57 Å². The number of aromatic nitrogens is 1. The Kier molecular flexibility index (Phi) is 3.47. The molecule has 1 heterocycles. The SMILES string of the molecule is O=C(O)c1cc(Br)n(Cc2cccc(F)c2F)c1. The van der Waals surface area contributed by atoms with Crippen LogP contribution in [0.2, 0.25) is 0 Å².